The lowest BCUT2D eigenvalue weighted by molar-refractivity contribution is -0.160. The lowest BCUT2D eigenvalue weighted by Gasteiger charge is -2.24. The Hall–Kier alpha value is -0.570. The third kappa shape index (κ3) is 2.69. The zero-order chi connectivity index (χ0) is 10.3. The van der Waals surface area contributed by atoms with E-state index >= 15 is 0 Å². The topological polar surface area (TPSA) is 52.3 Å². The zero-order valence-corrected chi connectivity index (χ0v) is 8.89. The summed E-state index contributed by atoms with van der Waals surface area (Å²) in [4.78, 5) is 11.5. The second-order valence-corrected chi connectivity index (χ2v) is 4.99. The number of esters is 1. The van der Waals surface area contributed by atoms with E-state index in [9.17, 15) is 4.79 Å². The van der Waals surface area contributed by atoms with Crippen LogP contribution in [0.15, 0.2) is 0 Å². The molecule has 0 aromatic rings. The number of carbonyl (C=O) groups is 1. The van der Waals surface area contributed by atoms with Gasteiger partial charge in [-0.3, -0.25) is 4.79 Å². The van der Waals surface area contributed by atoms with Gasteiger partial charge in [-0.05, 0) is 33.6 Å². The van der Waals surface area contributed by atoms with Crippen LogP contribution in [0.2, 0.25) is 0 Å². The van der Waals surface area contributed by atoms with Gasteiger partial charge in [0.2, 0.25) is 0 Å². The fraction of sp³-hybridized carbons (Fsp3) is 0.900. The van der Waals surface area contributed by atoms with E-state index in [4.69, 9.17) is 10.5 Å². The molecule has 0 amide bonds. The summed E-state index contributed by atoms with van der Waals surface area (Å²) in [5, 5.41) is 0. The molecule has 3 heteroatoms. The van der Waals surface area contributed by atoms with Crippen molar-refractivity contribution in [1.82, 2.24) is 0 Å². The monoisotopic (exact) mass is 185 g/mol. The third-order valence-corrected chi connectivity index (χ3v) is 2.45. The van der Waals surface area contributed by atoms with Crippen LogP contribution in [0, 0.1) is 5.92 Å². The average Bonchev–Trinajstić information content (AvgIpc) is 2.64. The standard InChI is InChI=1S/C10H19NO2/c1-7(10(11)5-6-10)8(12)13-9(2,3)4/h7H,5-6,11H2,1-4H3. The smallest absolute Gasteiger partial charge is 0.311 e. The summed E-state index contributed by atoms with van der Waals surface area (Å²) >= 11 is 0. The molecule has 1 aliphatic carbocycles. The highest BCUT2D eigenvalue weighted by Gasteiger charge is 2.47. The number of ether oxygens (including phenoxy) is 1. The van der Waals surface area contributed by atoms with Gasteiger partial charge in [0, 0.05) is 5.54 Å². The minimum Gasteiger partial charge on any atom is -0.460 e. The predicted octanol–water partition coefficient (Wildman–Crippen LogP) is 1.46. The maximum absolute atomic E-state index is 11.5. The minimum atomic E-state index is -0.406. The van der Waals surface area contributed by atoms with Crippen LogP contribution in [0.4, 0.5) is 0 Å². The van der Waals surface area contributed by atoms with Gasteiger partial charge in [-0.25, -0.2) is 0 Å². The molecule has 0 spiro atoms. The Balaban J connectivity index is 2.49. The summed E-state index contributed by atoms with van der Waals surface area (Å²) in [6.07, 6.45) is 1.88. The molecule has 1 rings (SSSR count). The predicted molar refractivity (Wildman–Crippen MR) is 51.2 cm³/mol. The van der Waals surface area contributed by atoms with Crippen molar-refractivity contribution in [3.05, 3.63) is 0 Å². The van der Waals surface area contributed by atoms with Crippen LogP contribution in [0.5, 0.6) is 0 Å². The average molecular weight is 185 g/mol. The molecule has 1 fully saturated rings. The van der Waals surface area contributed by atoms with E-state index in [0.29, 0.717) is 0 Å². The van der Waals surface area contributed by atoms with Crippen molar-refractivity contribution in [2.24, 2.45) is 11.7 Å². The fourth-order valence-corrected chi connectivity index (χ4v) is 1.20. The largest absolute Gasteiger partial charge is 0.460 e. The van der Waals surface area contributed by atoms with Crippen LogP contribution in [0.25, 0.3) is 0 Å². The van der Waals surface area contributed by atoms with Crippen molar-refractivity contribution in [1.29, 1.82) is 0 Å². The highest BCUT2D eigenvalue weighted by Crippen LogP contribution is 2.40. The molecule has 0 heterocycles. The molecule has 0 saturated heterocycles. The van der Waals surface area contributed by atoms with Crippen LogP contribution < -0.4 is 5.73 Å². The number of rotatable bonds is 2. The summed E-state index contributed by atoms with van der Waals surface area (Å²) in [6, 6.07) is 0. The third-order valence-electron chi connectivity index (χ3n) is 2.45. The lowest BCUT2D eigenvalue weighted by atomic mass is 10.0. The number of nitrogens with two attached hydrogens (primary N) is 1. The van der Waals surface area contributed by atoms with Crippen LogP contribution in [-0.4, -0.2) is 17.1 Å². The van der Waals surface area contributed by atoms with Crippen LogP contribution in [-0.2, 0) is 9.53 Å². The summed E-state index contributed by atoms with van der Waals surface area (Å²) in [6.45, 7) is 7.45. The molecule has 1 saturated carbocycles. The molecule has 1 atom stereocenters. The second kappa shape index (κ2) is 2.98. The van der Waals surface area contributed by atoms with Crippen molar-refractivity contribution in [3.63, 3.8) is 0 Å². The Morgan fingerprint density at radius 3 is 2.23 bits per heavy atom. The van der Waals surface area contributed by atoms with Gasteiger partial charge in [0.15, 0.2) is 0 Å². The summed E-state index contributed by atoms with van der Waals surface area (Å²) in [7, 11) is 0. The summed E-state index contributed by atoms with van der Waals surface area (Å²) in [5.74, 6) is -0.348. The SMILES string of the molecule is CC(C(=O)OC(C)(C)C)C1(N)CC1. The first-order valence-corrected chi connectivity index (χ1v) is 4.76. The van der Waals surface area contributed by atoms with E-state index in [0.717, 1.165) is 12.8 Å². The molecular weight excluding hydrogens is 166 g/mol. The first-order valence-electron chi connectivity index (χ1n) is 4.76. The van der Waals surface area contributed by atoms with Crippen molar-refractivity contribution in [3.8, 4) is 0 Å². The molecule has 76 valence electrons. The fourth-order valence-electron chi connectivity index (χ4n) is 1.20. The van der Waals surface area contributed by atoms with E-state index in [1.807, 2.05) is 27.7 Å². The van der Waals surface area contributed by atoms with Crippen LogP contribution >= 0.6 is 0 Å². The van der Waals surface area contributed by atoms with Gasteiger partial charge in [0.05, 0.1) is 5.92 Å². The van der Waals surface area contributed by atoms with Crippen molar-refractivity contribution < 1.29 is 9.53 Å². The van der Waals surface area contributed by atoms with Crippen molar-refractivity contribution in [2.75, 3.05) is 0 Å². The number of carbonyl (C=O) groups excluding carboxylic acids is 1. The van der Waals surface area contributed by atoms with Gasteiger partial charge in [0.1, 0.15) is 5.60 Å². The van der Waals surface area contributed by atoms with Crippen molar-refractivity contribution >= 4 is 5.97 Å². The summed E-state index contributed by atoms with van der Waals surface area (Å²) in [5.41, 5.74) is 5.23. The van der Waals surface area contributed by atoms with Crippen LogP contribution in [0.3, 0.4) is 0 Å². The highest BCUT2D eigenvalue weighted by atomic mass is 16.6. The van der Waals surface area contributed by atoms with Crippen molar-refractivity contribution in [2.45, 2.75) is 51.7 Å². The highest BCUT2D eigenvalue weighted by molar-refractivity contribution is 5.74. The maximum atomic E-state index is 11.5. The van der Waals surface area contributed by atoms with Gasteiger partial charge >= 0.3 is 5.97 Å². The Morgan fingerprint density at radius 2 is 1.92 bits per heavy atom. The summed E-state index contributed by atoms with van der Waals surface area (Å²) < 4.78 is 5.25. The van der Waals surface area contributed by atoms with Gasteiger partial charge in [-0.1, -0.05) is 6.92 Å². The van der Waals surface area contributed by atoms with Gasteiger partial charge in [-0.15, -0.1) is 0 Å². The molecule has 2 N–H and O–H groups in total. The first kappa shape index (κ1) is 10.5. The molecule has 0 aromatic heterocycles. The Kier molecular flexibility index (Phi) is 2.41. The minimum absolute atomic E-state index is 0.174. The first-order chi connectivity index (χ1) is 5.75. The maximum Gasteiger partial charge on any atom is 0.311 e. The molecule has 0 aliphatic heterocycles. The molecular formula is C10H19NO2. The van der Waals surface area contributed by atoms with Gasteiger partial charge < -0.3 is 10.5 Å². The van der Waals surface area contributed by atoms with Gasteiger partial charge in [-0.2, -0.15) is 0 Å². The molecule has 1 aliphatic rings. The molecule has 3 nitrogen and oxygen atoms in total. The van der Waals surface area contributed by atoms with Gasteiger partial charge in [0.25, 0.3) is 0 Å². The molecule has 0 radical (unpaired) electrons. The molecule has 0 aromatic carbocycles. The molecule has 0 bridgehead atoms. The Labute approximate surface area is 79.6 Å². The van der Waals surface area contributed by atoms with E-state index in [2.05, 4.69) is 0 Å². The van der Waals surface area contributed by atoms with E-state index in [1.54, 1.807) is 0 Å². The molecule has 13 heavy (non-hydrogen) atoms. The van der Waals surface area contributed by atoms with E-state index in [-0.39, 0.29) is 17.4 Å². The van der Waals surface area contributed by atoms with E-state index < -0.39 is 5.60 Å². The second-order valence-electron chi connectivity index (χ2n) is 4.99. The number of hydrogen-bond acceptors (Lipinski definition) is 3. The molecule has 1 unspecified atom stereocenters. The Bertz CT molecular complexity index is 213. The quantitative estimate of drug-likeness (QED) is 0.662. The Morgan fingerprint density at radius 1 is 1.46 bits per heavy atom. The lowest BCUT2D eigenvalue weighted by Crippen LogP contribution is -2.39. The normalized spacial score (nSPS) is 22.2. The number of hydrogen-bond donors (Lipinski definition) is 1. The zero-order valence-electron chi connectivity index (χ0n) is 8.89. The van der Waals surface area contributed by atoms with Crippen LogP contribution in [0.1, 0.15) is 40.5 Å². The van der Waals surface area contributed by atoms with E-state index in [1.165, 1.54) is 0 Å².